The molecule has 1 aliphatic rings. The second kappa shape index (κ2) is 4.29. The third-order valence-electron chi connectivity index (χ3n) is 3.12. The fraction of sp³-hybridized carbons (Fsp3) is 0.583. The van der Waals surface area contributed by atoms with Gasteiger partial charge in [0.25, 0.3) is 0 Å². The molecular weight excluding hydrogens is 202 g/mol. The first-order chi connectivity index (χ1) is 7.61. The molecule has 0 aliphatic carbocycles. The molecule has 0 saturated heterocycles. The van der Waals surface area contributed by atoms with Gasteiger partial charge >= 0.3 is 0 Å². The van der Waals surface area contributed by atoms with E-state index in [9.17, 15) is 0 Å². The van der Waals surface area contributed by atoms with Gasteiger partial charge < -0.3 is 10.5 Å². The lowest BCUT2D eigenvalue weighted by Gasteiger charge is -2.31. The minimum absolute atomic E-state index is 0.553. The van der Waals surface area contributed by atoms with E-state index in [4.69, 9.17) is 10.5 Å². The van der Waals surface area contributed by atoms with Crippen molar-refractivity contribution in [2.45, 2.75) is 32.9 Å². The van der Waals surface area contributed by atoms with Crippen LogP contribution in [-0.2, 0) is 13.0 Å². The van der Waals surface area contributed by atoms with Crippen molar-refractivity contribution in [2.24, 2.45) is 0 Å². The number of anilines is 1. The van der Waals surface area contributed by atoms with E-state index in [1.54, 1.807) is 7.11 Å². The van der Waals surface area contributed by atoms with Gasteiger partial charge in [-0.25, -0.2) is 4.98 Å². The molecule has 0 radical (unpaired) electrons. The molecule has 4 heteroatoms. The predicted molar refractivity (Wildman–Crippen MR) is 64.5 cm³/mol. The van der Waals surface area contributed by atoms with Gasteiger partial charge in [0, 0.05) is 25.6 Å². The summed E-state index contributed by atoms with van der Waals surface area (Å²) in [6.45, 7) is 6.43. The van der Waals surface area contributed by atoms with Crippen molar-refractivity contribution < 1.29 is 4.74 Å². The quantitative estimate of drug-likeness (QED) is 0.821. The molecule has 2 N–H and O–H groups in total. The Kier molecular flexibility index (Phi) is 3.01. The molecule has 88 valence electrons. The van der Waals surface area contributed by atoms with Crippen LogP contribution >= 0.6 is 0 Å². The van der Waals surface area contributed by atoms with Crippen molar-refractivity contribution in [3.63, 3.8) is 0 Å². The Bertz CT molecular complexity index is 390. The highest BCUT2D eigenvalue weighted by molar-refractivity contribution is 5.51. The van der Waals surface area contributed by atoms with Gasteiger partial charge in [-0.3, -0.25) is 4.90 Å². The molecule has 0 bridgehead atoms. The molecule has 0 fully saturated rings. The number of methoxy groups -OCH3 is 1. The number of nitrogen functional groups attached to an aromatic ring is 1. The second-order valence-electron chi connectivity index (χ2n) is 4.51. The molecule has 0 spiro atoms. The Morgan fingerprint density at radius 1 is 1.50 bits per heavy atom. The van der Waals surface area contributed by atoms with Gasteiger partial charge in [0.2, 0.25) is 5.88 Å². The van der Waals surface area contributed by atoms with Crippen LogP contribution in [0.15, 0.2) is 6.07 Å². The zero-order chi connectivity index (χ0) is 11.7. The first kappa shape index (κ1) is 11.2. The fourth-order valence-corrected chi connectivity index (χ4v) is 2.10. The molecule has 0 atom stereocenters. The smallest absolute Gasteiger partial charge is 0.237 e. The summed E-state index contributed by atoms with van der Waals surface area (Å²) in [7, 11) is 1.61. The van der Waals surface area contributed by atoms with E-state index in [0.717, 1.165) is 25.2 Å². The Hall–Kier alpha value is -1.29. The third kappa shape index (κ3) is 1.97. The highest BCUT2D eigenvalue weighted by atomic mass is 16.5. The average Bonchev–Trinajstić information content (AvgIpc) is 2.27. The molecule has 1 aromatic rings. The van der Waals surface area contributed by atoms with Gasteiger partial charge in [0.1, 0.15) is 0 Å². The molecular formula is C12H19N3O. The van der Waals surface area contributed by atoms with Crippen LogP contribution in [0.5, 0.6) is 5.88 Å². The van der Waals surface area contributed by atoms with E-state index in [1.807, 2.05) is 6.07 Å². The normalized spacial score (nSPS) is 16.2. The van der Waals surface area contributed by atoms with Crippen molar-refractivity contribution in [3.05, 3.63) is 17.3 Å². The van der Waals surface area contributed by atoms with Crippen LogP contribution in [0.4, 0.5) is 5.69 Å². The number of ether oxygens (including phenoxy) is 1. The predicted octanol–water partition coefficient (Wildman–Crippen LogP) is 1.44. The number of aromatic nitrogens is 1. The summed E-state index contributed by atoms with van der Waals surface area (Å²) in [5.74, 6) is 0.553. The summed E-state index contributed by atoms with van der Waals surface area (Å²) in [6, 6.07) is 2.56. The Morgan fingerprint density at radius 3 is 2.88 bits per heavy atom. The maximum Gasteiger partial charge on any atom is 0.237 e. The molecule has 2 rings (SSSR count). The van der Waals surface area contributed by atoms with E-state index in [-0.39, 0.29) is 0 Å². The number of hydrogen-bond acceptors (Lipinski definition) is 4. The van der Waals surface area contributed by atoms with E-state index in [1.165, 1.54) is 5.56 Å². The lowest BCUT2D eigenvalue weighted by atomic mass is 10.0. The SMILES string of the molecule is COc1nc2c(cc1N)CN(C(C)C)CC2. The Labute approximate surface area is 96.4 Å². The molecule has 1 aliphatic heterocycles. The van der Waals surface area contributed by atoms with Crippen LogP contribution in [0.25, 0.3) is 0 Å². The fourth-order valence-electron chi connectivity index (χ4n) is 2.10. The van der Waals surface area contributed by atoms with Crippen molar-refractivity contribution in [3.8, 4) is 5.88 Å². The minimum Gasteiger partial charge on any atom is -0.480 e. The minimum atomic E-state index is 0.553. The standard InChI is InChI=1S/C12H19N3O/c1-8(2)15-5-4-11-9(7-15)6-10(13)12(14-11)16-3/h6,8H,4-5,7,13H2,1-3H3. The van der Waals surface area contributed by atoms with Gasteiger partial charge in [-0.15, -0.1) is 0 Å². The van der Waals surface area contributed by atoms with Crippen LogP contribution in [0.3, 0.4) is 0 Å². The topological polar surface area (TPSA) is 51.4 Å². The third-order valence-corrected chi connectivity index (χ3v) is 3.12. The highest BCUT2D eigenvalue weighted by Crippen LogP contribution is 2.26. The van der Waals surface area contributed by atoms with Crippen LogP contribution in [-0.4, -0.2) is 29.6 Å². The van der Waals surface area contributed by atoms with Crippen LogP contribution in [0.1, 0.15) is 25.1 Å². The van der Waals surface area contributed by atoms with E-state index in [2.05, 4.69) is 23.7 Å². The van der Waals surface area contributed by atoms with Crippen molar-refractivity contribution in [1.29, 1.82) is 0 Å². The molecule has 0 aromatic carbocycles. The largest absolute Gasteiger partial charge is 0.480 e. The van der Waals surface area contributed by atoms with Gasteiger partial charge in [0.05, 0.1) is 18.5 Å². The molecule has 0 amide bonds. The van der Waals surface area contributed by atoms with Gasteiger partial charge in [-0.05, 0) is 25.5 Å². The summed E-state index contributed by atoms with van der Waals surface area (Å²) in [5.41, 5.74) is 8.86. The number of pyridine rings is 1. The summed E-state index contributed by atoms with van der Waals surface area (Å²) in [6.07, 6.45) is 0.976. The molecule has 1 aromatic heterocycles. The van der Waals surface area contributed by atoms with Crippen molar-refractivity contribution in [2.75, 3.05) is 19.4 Å². The Balaban J connectivity index is 2.29. The van der Waals surface area contributed by atoms with Crippen LogP contribution < -0.4 is 10.5 Å². The number of fused-ring (bicyclic) bond motifs is 1. The zero-order valence-electron chi connectivity index (χ0n) is 10.2. The average molecular weight is 221 g/mol. The number of nitrogens with zero attached hydrogens (tertiary/aromatic N) is 2. The monoisotopic (exact) mass is 221 g/mol. The number of hydrogen-bond donors (Lipinski definition) is 1. The molecule has 0 saturated carbocycles. The van der Waals surface area contributed by atoms with E-state index >= 15 is 0 Å². The number of nitrogens with two attached hydrogens (primary N) is 1. The van der Waals surface area contributed by atoms with Gasteiger partial charge in [-0.2, -0.15) is 0 Å². The maximum absolute atomic E-state index is 5.87. The van der Waals surface area contributed by atoms with Crippen LogP contribution in [0, 0.1) is 0 Å². The maximum atomic E-state index is 5.87. The van der Waals surface area contributed by atoms with Gasteiger partial charge in [0.15, 0.2) is 0 Å². The Morgan fingerprint density at radius 2 is 2.25 bits per heavy atom. The second-order valence-corrected chi connectivity index (χ2v) is 4.51. The van der Waals surface area contributed by atoms with E-state index < -0.39 is 0 Å². The summed E-state index contributed by atoms with van der Waals surface area (Å²) < 4.78 is 5.14. The summed E-state index contributed by atoms with van der Waals surface area (Å²) in [4.78, 5) is 6.88. The lowest BCUT2D eigenvalue weighted by molar-refractivity contribution is 0.201. The first-order valence-electron chi connectivity index (χ1n) is 5.68. The lowest BCUT2D eigenvalue weighted by Crippen LogP contribution is -2.36. The van der Waals surface area contributed by atoms with Crippen LogP contribution in [0.2, 0.25) is 0 Å². The summed E-state index contributed by atoms with van der Waals surface area (Å²) >= 11 is 0. The zero-order valence-corrected chi connectivity index (χ0v) is 10.2. The molecule has 4 nitrogen and oxygen atoms in total. The molecule has 2 heterocycles. The van der Waals surface area contributed by atoms with Gasteiger partial charge in [-0.1, -0.05) is 0 Å². The number of rotatable bonds is 2. The van der Waals surface area contributed by atoms with Crippen molar-refractivity contribution >= 4 is 5.69 Å². The molecule has 0 unspecified atom stereocenters. The summed E-state index contributed by atoms with van der Waals surface area (Å²) in [5, 5.41) is 0. The first-order valence-corrected chi connectivity index (χ1v) is 5.68. The highest BCUT2D eigenvalue weighted by Gasteiger charge is 2.20. The molecule has 16 heavy (non-hydrogen) atoms. The van der Waals surface area contributed by atoms with Crippen molar-refractivity contribution in [1.82, 2.24) is 9.88 Å². The van der Waals surface area contributed by atoms with E-state index in [0.29, 0.717) is 17.6 Å².